The second-order valence-corrected chi connectivity index (χ2v) is 4.87. The van der Waals surface area contributed by atoms with E-state index < -0.39 is 16.3 Å². The van der Waals surface area contributed by atoms with Crippen LogP contribution in [0.4, 0.5) is 5.69 Å². The number of esters is 1. The molecule has 0 unspecified atom stereocenters. The van der Waals surface area contributed by atoms with Crippen LogP contribution in [0.15, 0.2) is 18.2 Å². The minimum atomic E-state index is -0.696. The van der Waals surface area contributed by atoms with E-state index >= 15 is 0 Å². The summed E-state index contributed by atoms with van der Waals surface area (Å²) in [5.41, 5.74) is -0.145. The Kier molecular flexibility index (Phi) is 3.50. The maximum Gasteiger partial charge on any atom is 0.316 e. The topological polar surface area (TPSA) is 69.4 Å². The van der Waals surface area contributed by atoms with Crippen molar-refractivity contribution >= 4 is 11.7 Å². The number of hydrogen-bond acceptors (Lipinski definition) is 4. The molecule has 0 aliphatic rings. The van der Waals surface area contributed by atoms with Gasteiger partial charge in [-0.05, 0) is 39.3 Å². The summed E-state index contributed by atoms with van der Waals surface area (Å²) >= 11 is 0. The molecule has 0 saturated carbocycles. The number of nitrogens with zero attached hydrogens (tertiary/aromatic N) is 1. The molecule has 1 rings (SSSR count). The van der Waals surface area contributed by atoms with Crippen LogP contribution in [0.2, 0.25) is 0 Å². The highest BCUT2D eigenvalue weighted by Crippen LogP contribution is 2.29. The number of aryl methyl sites for hydroxylation is 1. The number of nitro benzene ring substituents is 1. The van der Waals surface area contributed by atoms with Crippen molar-refractivity contribution in [1.82, 2.24) is 0 Å². The molecule has 0 aliphatic heterocycles. The Labute approximate surface area is 99.5 Å². The number of benzene rings is 1. The molecule has 0 amide bonds. The maximum atomic E-state index is 11.6. The highest BCUT2D eigenvalue weighted by molar-refractivity contribution is 5.78. The minimum absolute atomic E-state index is 0.0134. The van der Waals surface area contributed by atoms with E-state index in [0.29, 0.717) is 0 Å². The van der Waals surface area contributed by atoms with Crippen molar-refractivity contribution in [2.24, 2.45) is 5.41 Å². The Bertz CT molecular complexity index is 460. The molecule has 0 aliphatic carbocycles. The summed E-state index contributed by atoms with van der Waals surface area (Å²) < 4.78 is 5.05. The smallest absolute Gasteiger partial charge is 0.316 e. The molecule has 0 N–H and O–H groups in total. The van der Waals surface area contributed by atoms with Crippen molar-refractivity contribution in [2.75, 3.05) is 0 Å². The molecule has 1 aromatic rings. The average Bonchev–Trinajstić information content (AvgIpc) is 2.18. The van der Waals surface area contributed by atoms with E-state index in [1.54, 1.807) is 33.8 Å². The molecule has 5 nitrogen and oxygen atoms in total. The van der Waals surface area contributed by atoms with E-state index in [1.165, 1.54) is 12.1 Å². The van der Waals surface area contributed by atoms with Crippen LogP contribution in [0.5, 0.6) is 5.75 Å². The van der Waals surface area contributed by atoms with Gasteiger partial charge in [0.25, 0.3) is 0 Å². The zero-order valence-corrected chi connectivity index (χ0v) is 10.3. The van der Waals surface area contributed by atoms with Gasteiger partial charge in [-0.25, -0.2) is 0 Å². The zero-order chi connectivity index (χ0) is 13.2. The molecular weight excluding hydrogens is 222 g/mol. The van der Waals surface area contributed by atoms with E-state index in [1.807, 2.05) is 0 Å². The average molecular weight is 237 g/mol. The van der Waals surface area contributed by atoms with Crippen LogP contribution in [-0.2, 0) is 4.79 Å². The molecule has 0 radical (unpaired) electrons. The molecule has 0 aromatic heterocycles. The van der Waals surface area contributed by atoms with Gasteiger partial charge in [0.05, 0.1) is 10.3 Å². The summed E-state index contributed by atoms with van der Waals surface area (Å²) in [5, 5.41) is 10.8. The van der Waals surface area contributed by atoms with Gasteiger partial charge in [0.2, 0.25) is 5.75 Å². The molecule has 92 valence electrons. The van der Waals surface area contributed by atoms with E-state index in [-0.39, 0.29) is 11.4 Å². The van der Waals surface area contributed by atoms with Gasteiger partial charge < -0.3 is 4.74 Å². The van der Waals surface area contributed by atoms with Gasteiger partial charge >= 0.3 is 11.7 Å². The van der Waals surface area contributed by atoms with Gasteiger partial charge in [0, 0.05) is 6.07 Å². The quantitative estimate of drug-likeness (QED) is 0.343. The predicted octanol–water partition coefficient (Wildman–Crippen LogP) is 2.85. The summed E-state index contributed by atoms with van der Waals surface area (Å²) in [4.78, 5) is 21.9. The summed E-state index contributed by atoms with van der Waals surface area (Å²) in [7, 11) is 0. The molecule has 0 heterocycles. The first kappa shape index (κ1) is 13.2. The Morgan fingerprint density at radius 3 is 2.41 bits per heavy atom. The van der Waals surface area contributed by atoms with E-state index in [2.05, 4.69) is 0 Å². The Balaban J connectivity index is 3.07. The first-order valence-electron chi connectivity index (χ1n) is 5.19. The fraction of sp³-hybridized carbons (Fsp3) is 0.417. The lowest BCUT2D eigenvalue weighted by molar-refractivity contribution is -0.385. The molecule has 0 saturated heterocycles. The van der Waals surface area contributed by atoms with Gasteiger partial charge in [-0.2, -0.15) is 0 Å². The minimum Gasteiger partial charge on any atom is -0.419 e. The van der Waals surface area contributed by atoms with Gasteiger partial charge in [0.15, 0.2) is 0 Å². The molecule has 0 bridgehead atoms. The monoisotopic (exact) mass is 237 g/mol. The third kappa shape index (κ3) is 3.27. The standard InChI is InChI=1S/C12H15NO4/c1-8-5-6-10(9(7-8)13(15)16)17-11(14)12(2,3)4/h5-7H,1-4H3. The second kappa shape index (κ2) is 4.53. The predicted molar refractivity (Wildman–Crippen MR) is 62.9 cm³/mol. The summed E-state index contributed by atoms with van der Waals surface area (Å²) in [6, 6.07) is 4.49. The van der Waals surface area contributed by atoms with Crippen LogP contribution in [0.3, 0.4) is 0 Å². The van der Waals surface area contributed by atoms with Crippen LogP contribution >= 0.6 is 0 Å². The van der Waals surface area contributed by atoms with Crippen LogP contribution in [-0.4, -0.2) is 10.9 Å². The highest BCUT2D eigenvalue weighted by atomic mass is 16.6. The third-order valence-electron chi connectivity index (χ3n) is 2.13. The SMILES string of the molecule is Cc1ccc(OC(=O)C(C)(C)C)c([N+](=O)[O-])c1. The Morgan fingerprint density at radius 2 is 1.94 bits per heavy atom. The van der Waals surface area contributed by atoms with E-state index in [9.17, 15) is 14.9 Å². The van der Waals surface area contributed by atoms with Crippen LogP contribution in [0.1, 0.15) is 26.3 Å². The van der Waals surface area contributed by atoms with Gasteiger partial charge in [-0.1, -0.05) is 6.07 Å². The number of hydrogen-bond donors (Lipinski definition) is 0. The van der Waals surface area contributed by atoms with E-state index in [4.69, 9.17) is 4.74 Å². The number of ether oxygens (including phenoxy) is 1. The largest absolute Gasteiger partial charge is 0.419 e. The zero-order valence-electron chi connectivity index (χ0n) is 10.3. The molecular formula is C12H15NO4. The van der Waals surface area contributed by atoms with Gasteiger partial charge in [-0.15, -0.1) is 0 Å². The Hall–Kier alpha value is -1.91. The lowest BCUT2D eigenvalue weighted by Crippen LogP contribution is -2.25. The van der Waals surface area contributed by atoms with Crippen molar-refractivity contribution in [3.63, 3.8) is 0 Å². The summed E-state index contributed by atoms with van der Waals surface area (Å²) in [6.45, 7) is 6.81. The van der Waals surface area contributed by atoms with Crippen molar-refractivity contribution < 1.29 is 14.5 Å². The second-order valence-electron chi connectivity index (χ2n) is 4.87. The molecule has 0 fully saturated rings. The number of rotatable bonds is 2. The molecule has 17 heavy (non-hydrogen) atoms. The number of nitro groups is 1. The summed E-state index contributed by atoms with van der Waals surface area (Å²) in [5.74, 6) is -0.509. The van der Waals surface area contributed by atoms with Crippen LogP contribution < -0.4 is 4.74 Å². The Morgan fingerprint density at radius 1 is 1.35 bits per heavy atom. The van der Waals surface area contributed by atoms with Crippen molar-refractivity contribution in [3.8, 4) is 5.75 Å². The van der Waals surface area contributed by atoms with Crippen molar-refractivity contribution in [1.29, 1.82) is 0 Å². The fourth-order valence-corrected chi connectivity index (χ4v) is 1.11. The van der Waals surface area contributed by atoms with Gasteiger partial charge in [0.1, 0.15) is 0 Å². The lowest BCUT2D eigenvalue weighted by Gasteiger charge is -2.16. The first-order valence-corrected chi connectivity index (χ1v) is 5.19. The highest BCUT2D eigenvalue weighted by Gasteiger charge is 2.26. The van der Waals surface area contributed by atoms with Crippen molar-refractivity contribution in [2.45, 2.75) is 27.7 Å². The van der Waals surface area contributed by atoms with Crippen molar-refractivity contribution in [3.05, 3.63) is 33.9 Å². The first-order chi connectivity index (χ1) is 7.71. The molecule has 1 aromatic carbocycles. The van der Waals surface area contributed by atoms with Crippen LogP contribution in [0, 0.1) is 22.5 Å². The lowest BCUT2D eigenvalue weighted by atomic mass is 9.97. The maximum absolute atomic E-state index is 11.6. The number of carbonyl (C=O) groups excluding carboxylic acids is 1. The molecule has 0 atom stereocenters. The normalized spacial score (nSPS) is 11.1. The summed E-state index contributed by atoms with van der Waals surface area (Å²) in [6.07, 6.45) is 0. The number of carbonyl (C=O) groups is 1. The van der Waals surface area contributed by atoms with Gasteiger partial charge in [-0.3, -0.25) is 14.9 Å². The fourth-order valence-electron chi connectivity index (χ4n) is 1.11. The van der Waals surface area contributed by atoms with E-state index in [0.717, 1.165) is 5.56 Å². The molecule has 0 spiro atoms. The van der Waals surface area contributed by atoms with Crippen LogP contribution in [0.25, 0.3) is 0 Å². The molecule has 5 heteroatoms. The third-order valence-corrected chi connectivity index (χ3v) is 2.13.